The molecule has 7 heteroatoms. The summed E-state index contributed by atoms with van der Waals surface area (Å²) in [6.45, 7) is 0.0818. The van der Waals surface area contributed by atoms with Crippen molar-refractivity contribution in [1.29, 1.82) is 0 Å². The number of carbonyl (C=O) groups is 3. The van der Waals surface area contributed by atoms with Crippen LogP contribution in [0.1, 0.15) is 50.7 Å². The fraction of sp³-hybridized carbons (Fsp3) is 0.588. The maximum absolute atomic E-state index is 12.3. The molecule has 1 unspecified atom stereocenters. The summed E-state index contributed by atoms with van der Waals surface area (Å²) in [5.41, 5.74) is 0. The predicted octanol–water partition coefficient (Wildman–Crippen LogP) is 1.93. The summed E-state index contributed by atoms with van der Waals surface area (Å²) in [5.74, 6) is -0.0325. The van der Waals surface area contributed by atoms with Crippen LogP contribution in [0, 0.1) is 0 Å². The van der Waals surface area contributed by atoms with Crippen LogP contribution in [-0.2, 0) is 16.1 Å². The van der Waals surface area contributed by atoms with Crippen LogP contribution in [0.5, 0.6) is 0 Å². The molecule has 1 saturated carbocycles. The van der Waals surface area contributed by atoms with E-state index in [1.54, 1.807) is 12.1 Å². The Morgan fingerprint density at radius 3 is 2.67 bits per heavy atom. The van der Waals surface area contributed by atoms with E-state index in [0.29, 0.717) is 5.76 Å². The molecule has 24 heavy (non-hydrogen) atoms. The third-order valence-electron chi connectivity index (χ3n) is 4.61. The van der Waals surface area contributed by atoms with Crippen LogP contribution in [0.3, 0.4) is 0 Å². The van der Waals surface area contributed by atoms with E-state index in [2.05, 4.69) is 10.6 Å². The molecule has 2 aliphatic rings. The number of imide groups is 1. The number of urea groups is 1. The van der Waals surface area contributed by atoms with Gasteiger partial charge in [0.1, 0.15) is 11.8 Å². The summed E-state index contributed by atoms with van der Waals surface area (Å²) < 4.78 is 5.17. The SMILES string of the molecule is O=C(CC1NC(=O)N(Cc2ccco2)C1=O)NC1CCCCCC1. The number of furan rings is 1. The Morgan fingerprint density at radius 1 is 1.25 bits per heavy atom. The van der Waals surface area contributed by atoms with Gasteiger partial charge in [-0.1, -0.05) is 25.7 Å². The van der Waals surface area contributed by atoms with Gasteiger partial charge in [-0.15, -0.1) is 0 Å². The molecule has 3 rings (SSSR count). The van der Waals surface area contributed by atoms with Crippen molar-refractivity contribution in [2.45, 2.75) is 63.6 Å². The van der Waals surface area contributed by atoms with Crippen molar-refractivity contribution in [1.82, 2.24) is 15.5 Å². The average molecular weight is 333 g/mol. The number of hydrogen-bond acceptors (Lipinski definition) is 4. The predicted molar refractivity (Wildman–Crippen MR) is 85.8 cm³/mol. The number of carbonyl (C=O) groups excluding carboxylic acids is 3. The number of nitrogens with zero attached hydrogens (tertiary/aromatic N) is 1. The van der Waals surface area contributed by atoms with Gasteiger partial charge < -0.3 is 15.1 Å². The minimum atomic E-state index is -0.793. The highest BCUT2D eigenvalue weighted by atomic mass is 16.3. The topological polar surface area (TPSA) is 91.7 Å². The van der Waals surface area contributed by atoms with Gasteiger partial charge in [-0.2, -0.15) is 0 Å². The third kappa shape index (κ3) is 3.96. The van der Waals surface area contributed by atoms with E-state index in [4.69, 9.17) is 4.42 Å². The molecule has 0 radical (unpaired) electrons. The van der Waals surface area contributed by atoms with E-state index in [-0.39, 0.29) is 30.8 Å². The fourth-order valence-electron chi connectivity index (χ4n) is 3.32. The molecule has 7 nitrogen and oxygen atoms in total. The zero-order valence-electron chi connectivity index (χ0n) is 13.6. The van der Waals surface area contributed by atoms with Gasteiger partial charge in [0.25, 0.3) is 5.91 Å². The molecular formula is C17H23N3O4. The van der Waals surface area contributed by atoms with E-state index in [9.17, 15) is 14.4 Å². The second-order valence-corrected chi connectivity index (χ2v) is 6.47. The van der Waals surface area contributed by atoms with Gasteiger partial charge in [0, 0.05) is 6.04 Å². The molecule has 1 aromatic heterocycles. The van der Waals surface area contributed by atoms with Crippen LogP contribution >= 0.6 is 0 Å². The molecule has 1 saturated heterocycles. The van der Waals surface area contributed by atoms with Gasteiger partial charge in [-0.25, -0.2) is 4.79 Å². The molecule has 0 bridgehead atoms. The first kappa shape index (κ1) is 16.5. The van der Waals surface area contributed by atoms with Crippen molar-refractivity contribution in [3.63, 3.8) is 0 Å². The smallest absolute Gasteiger partial charge is 0.325 e. The highest BCUT2D eigenvalue weighted by Gasteiger charge is 2.39. The number of amides is 4. The number of hydrogen-bond donors (Lipinski definition) is 2. The normalized spacial score (nSPS) is 22.3. The molecule has 1 aromatic rings. The van der Waals surface area contributed by atoms with Gasteiger partial charge in [-0.05, 0) is 25.0 Å². The second kappa shape index (κ2) is 7.51. The molecule has 1 atom stereocenters. The molecule has 0 spiro atoms. The Hall–Kier alpha value is -2.31. The molecule has 2 N–H and O–H groups in total. The first-order valence-corrected chi connectivity index (χ1v) is 8.57. The van der Waals surface area contributed by atoms with Crippen molar-refractivity contribution < 1.29 is 18.8 Å². The molecule has 4 amide bonds. The summed E-state index contributed by atoms with van der Waals surface area (Å²) >= 11 is 0. The van der Waals surface area contributed by atoms with Crippen molar-refractivity contribution in [2.75, 3.05) is 0 Å². The largest absolute Gasteiger partial charge is 0.467 e. The summed E-state index contributed by atoms with van der Waals surface area (Å²) in [7, 11) is 0. The maximum Gasteiger partial charge on any atom is 0.325 e. The monoisotopic (exact) mass is 333 g/mol. The average Bonchev–Trinajstić information content (AvgIpc) is 3.05. The van der Waals surface area contributed by atoms with Crippen LogP contribution < -0.4 is 10.6 Å². The lowest BCUT2D eigenvalue weighted by molar-refractivity contribution is -0.131. The summed E-state index contributed by atoms with van der Waals surface area (Å²) in [4.78, 5) is 37.6. The van der Waals surface area contributed by atoms with Crippen molar-refractivity contribution in [3.8, 4) is 0 Å². The van der Waals surface area contributed by atoms with Gasteiger partial charge >= 0.3 is 6.03 Å². The molecular weight excluding hydrogens is 310 g/mol. The van der Waals surface area contributed by atoms with Crippen LogP contribution in [0.2, 0.25) is 0 Å². The van der Waals surface area contributed by atoms with Crippen LogP contribution in [0.4, 0.5) is 4.79 Å². The first-order valence-electron chi connectivity index (χ1n) is 8.57. The lowest BCUT2D eigenvalue weighted by atomic mass is 10.1. The van der Waals surface area contributed by atoms with Gasteiger partial charge in [0.15, 0.2) is 0 Å². The van der Waals surface area contributed by atoms with Gasteiger partial charge in [0.05, 0.1) is 19.2 Å². The molecule has 130 valence electrons. The van der Waals surface area contributed by atoms with Gasteiger partial charge in [-0.3, -0.25) is 14.5 Å². The standard InChI is InChI=1S/C17H23N3O4/c21-15(18-12-6-3-1-2-4-7-12)10-14-16(22)20(17(23)19-14)11-13-8-5-9-24-13/h5,8-9,12,14H,1-4,6-7,10-11H2,(H,18,21)(H,19,23). The minimum Gasteiger partial charge on any atom is -0.467 e. The third-order valence-corrected chi connectivity index (χ3v) is 4.61. The Balaban J connectivity index is 1.52. The van der Waals surface area contributed by atoms with Crippen LogP contribution in [0.25, 0.3) is 0 Å². The van der Waals surface area contributed by atoms with Crippen molar-refractivity contribution >= 4 is 17.8 Å². The lowest BCUT2D eigenvalue weighted by Crippen LogP contribution is -2.40. The van der Waals surface area contributed by atoms with E-state index in [1.165, 1.54) is 19.1 Å². The van der Waals surface area contributed by atoms with Crippen molar-refractivity contribution in [2.24, 2.45) is 0 Å². The Labute approximate surface area is 140 Å². The Kier molecular flexibility index (Phi) is 5.17. The summed E-state index contributed by atoms with van der Waals surface area (Å²) in [6, 6.07) is 2.31. The van der Waals surface area contributed by atoms with Crippen molar-refractivity contribution in [3.05, 3.63) is 24.2 Å². The van der Waals surface area contributed by atoms with Crippen LogP contribution in [0.15, 0.2) is 22.8 Å². The zero-order valence-corrected chi connectivity index (χ0v) is 13.6. The molecule has 1 aliphatic heterocycles. The van der Waals surface area contributed by atoms with E-state index in [1.807, 2.05) is 0 Å². The maximum atomic E-state index is 12.3. The molecule has 0 aromatic carbocycles. The van der Waals surface area contributed by atoms with E-state index >= 15 is 0 Å². The molecule has 2 fully saturated rings. The molecule has 1 aliphatic carbocycles. The highest BCUT2D eigenvalue weighted by Crippen LogP contribution is 2.18. The Bertz CT molecular complexity index is 591. The minimum absolute atomic E-state index is 0.0181. The highest BCUT2D eigenvalue weighted by molar-refractivity contribution is 6.05. The fourth-order valence-corrected chi connectivity index (χ4v) is 3.32. The van der Waals surface area contributed by atoms with Crippen LogP contribution in [-0.4, -0.2) is 34.8 Å². The van der Waals surface area contributed by atoms with Gasteiger partial charge in [0.2, 0.25) is 5.91 Å². The summed E-state index contributed by atoms with van der Waals surface area (Å²) in [5, 5.41) is 5.58. The zero-order chi connectivity index (χ0) is 16.9. The first-order chi connectivity index (χ1) is 11.6. The molecule has 2 heterocycles. The number of rotatable bonds is 5. The quantitative estimate of drug-likeness (QED) is 0.636. The van der Waals surface area contributed by atoms with E-state index < -0.39 is 12.1 Å². The Morgan fingerprint density at radius 2 is 2.00 bits per heavy atom. The number of nitrogens with one attached hydrogen (secondary N) is 2. The summed E-state index contributed by atoms with van der Waals surface area (Å²) in [6.07, 6.45) is 8.13. The second-order valence-electron chi connectivity index (χ2n) is 6.47. The van der Waals surface area contributed by atoms with E-state index in [0.717, 1.165) is 30.6 Å². The lowest BCUT2D eigenvalue weighted by Gasteiger charge is -2.17.